The molecule has 2 aliphatic heterocycles. The lowest BCUT2D eigenvalue weighted by atomic mass is 10.1. The van der Waals surface area contributed by atoms with E-state index in [0.717, 1.165) is 17.8 Å². The number of benzene rings is 3. The molecule has 0 aliphatic carbocycles. The Morgan fingerprint density at radius 1 is 0.889 bits per heavy atom. The molecule has 1 saturated heterocycles. The van der Waals surface area contributed by atoms with Crippen molar-refractivity contribution in [1.29, 1.82) is 0 Å². The second kappa shape index (κ2) is 9.33. The summed E-state index contributed by atoms with van der Waals surface area (Å²) < 4.78 is 74.3. The van der Waals surface area contributed by atoms with Gasteiger partial charge in [-0.15, -0.1) is 0 Å². The van der Waals surface area contributed by atoms with Crippen molar-refractivity contribution in [2.75, 3.05) is 43.1 Å². The van der Waals surface area contributed by atoms with Crippen LogP contribution in [0.5, 0.6) is 5.75 Å². The molecule has 1 fully saturated rings. The number of alkyl halides is 3. The van der Waals surface area contributed by atoms with Crippen molar-refractivity contribution in [3.63, 3.8) is 0 Å². The summed E-state index contributed by atoms with van der Waals surface area (Å²) in [7, 11) is 1.36. The molecule has 3 aromatic rings. The number of methoxy groups -OCH3 is 1. The first kappa shape index (κ1) is 23.9. The summed E-state index contributed by atoms with van der Waals surface area (Å²) in [6.07, 6.45) is -4.57. The Bertz CT molecular complexity index is 1300. The van der Waals surface area contributed by atoms with Gasteiger partial charge in [0.15, 0.2) is 0 Å². The first-order chi connectivity index (χ1) is 17.2. The SMILES string of the molecule is COc1ccc(C(F)(F)F)cc1N1[C]c2cccc(F)c2N=C1N1CCN(c2cccc(F)c2)CC1. The Balaban J connectivity index is 1.52. The van der Waals surface area contributed by atoms with Gasteiger partial charge >= 0.3 is 6.18 Å². The molecular formula is C26H21F5N4O. The van der Waals surface area contributed by atoms with Crippen LogP contribution in [0.2, 0.25) is 0 Å². The van der Waals surface area contributed by atoms with Gasteiger partial charge in [-0.2, -0.15) is 13.2 Å². The van der Waals surface area contributed by atoms with Gasteiger partial charge < -0.3 is 14.5 Å². The molecule has 5 nitrogen and oxygen atoms in total. The molecule has 2 aliphatic rings. The lowest BCUT2D eigenvalue weighted by molar-refractivity contribution is -0.137. The summed E-state index contributed by atoms with van der Waals surface area (Å²) in [6, 6.07) is 13.7. The minimum atomic E-state index is -4.57. The maximum Gasteiger partial charge on any atom is 0.416 e. The predicted molar refractivity (Wildman–Crippen MR) is 127 cm³/mol. The van der Waals surface area contributed by atoms with Gasteiger partial charge in [-0.25, -0.2) is 13.8 Å². The number of anilines is 2. The molecule has 0 N–H and O–H groups in total. The third-order valence-electron chi connectivity index (χ3n) is 6.11. The Kier molecular flexibility index (Phi) is 6.19. The number of hydrogen-bond donors (Lipinski definition) is 0. The van der Waals surface area contributed by atoms with Crippen molar-refractivity contribution in [3.8, 4) is 5.75 Å². The molecule has 186 valence electrons. The molecule has 0 amide bonds. The van der Waals surface area contributed by atoms with Gasteiger partial charge in [-0.05, 0) is 42.5 Å². The number of ether oxygens (including phenoxy) is 1. The fourth-order valence-corrected chi connectivity index (χ4v) is 4.30. The van der Waals surface area contributed by atoms with Crippen LogP contribution in [0.25, 0.3) is 0 Å². The highest BCUT2D eigenvalue weighted by Crippen LogP contribution is 2.41. The smallest absolute Gasteiger partial charge is 0.416 e. The van der Waals surface area contributed by atoms with Gasteiger partial charge in [0, 0.05) is 37.4 Å². The Labute approximate surface area is 205 Å². The number of aliphatic imine (C=N–C) groups is 1. The van der Waals surface area contributed by atoms with E-state index >= 15 is 0 Å². The number of guanidine groups is 1. The predicted octanol–water partition coefficient (Wildman–Crippen LogP) is 5.71. The molecule has 3 aromatic carbocycles. The Morgan fingerprint density at radius 3 is 2.31 bits per heavy atom. The second-order valence-corrected chi connectivity index (χ2v) is 8.33. The van der Waals surface area contributed by atoms with Crippen LogP contribution in [0.4, 0.5) is 39.0 Å². The number of para-hydroxylation sites is 1. The second-order valence-electron chi connectivity index (χ2n) is 8.33. The summed E-state index contributed by atoms with van der Waals surface area (Å²) in [4.78, 5) is 9.75. The highest BCUT2D eigenvalue weighted by atomic mass is 19.4. The average Bonchev–Trinajstić information content (AvgIpc) is 2.87. The largest absolute Gasteiger partial charge is 0.495 e. The van der Waals surface area contributed by atoms with Crippen molar-refractivity contribution in [2.24, 2.45) is 4.99 Å². The summed E-state index contributed by atoms with van der Waals surface area (Å²) in [5, 5.41) is 0. The molecule has 2 heterocycles. The van der Waals surface area contributed by atoms with Crippen molar-refractivity contribution >= 4 is 23.0 Å². The van der Waals surface area contributed by atoms with Crippen molar-refractivity contribution in [3.05, 3.63) is 90.0 Å². The van der Waals surface area contributed by atoms with E-state index in [1.165, 1.54) is 42.3 Å². The fourth-order valence-electron chi connectivity index (χ4n) is 4.30. The van der Waals surface area contributed by atoms with E-state index < -0.39 is 17.6 Å². The normalized spacial score (nSPS) is 16.1. The zero-order chi connectivity index (χ0) is 25.4. The van der Waals surface area contributed by atoms with Crippen molar-refractivity contribution in [1.82, 2.24) is 4.90 Å². The van der Waals surface area contributed by atoms with Gasteiger partial charge in [0.05, 0.1) is 18.4 Å². The van der Waals surface area contributed by atoms with Crippen LogP contribution in [0.1, 0.15) is 11.1 Å². The molecule has 36 heavy (non-hydrogen) atoms. The lowest BCUT2D eigenvalue weighted by Gasteiger charge is -2.42. The van der Waals surface area contributed by atoms with E-state index in [1.807, 2.05) is 15.9 Å². The highest BCUT2D eigenvalue weighted by Gasteiger charge is 2.35. The van der Waals surface area contributed by atoms with E-state index in [2.05, 4.69) is 11.5 Å². The Morgan fingerprint density at radius 2 is 1.61 bits per heavy atom. The first-order valence-electron chi connectivity index (χ1n) is 11.2. The molecule has 10 heteroatoms. The fraction of sp³-hybridized carbons (Fsp3) is 0.231. The van der Waals surface area contributed by atoms with Crippen LogP contribution < -0.4 is 14.5 Å². The average molecular weight is 500 g/mol. The molecule has 5 rings (SSSR count). The maximum absolute atomic E-state index is 14.6. The molecule has 0 spiro atoms. The third-order valence-corrected chi connectivity index (χ3v) is 6.11. The van der Waals surface area contributed by atoms with Crippen molar-refractivity contribution in [2.45, 2.75) is 6.18 Å². The number of halogens is 5. The van der Waals surface area contributed by atoms with Gasteiger partial charge in [-0.3, -0.25) is 4.90 Å². The van der Waals surface area contributed by atoms with Gasteiger partial charge in [0.25, 0.3) is 0 Å². The van der Waals surface area contributed by atoms with Crippen LogP contribution >= 0.6 is 0 Å². The zero-order valence-electron chi connectivity index (χ0n) is 19.2. The number of nitrogens with zero attached hydrogens (tertiary/aromatic N) is 4. The van der Waals surface area contributed by atoms with Gasteiger partial charge in [-0.1, -0.05) is 18.2 Å². The molecular weight excluding hydrogens is 479 g/mol. The van der Waals surface area contributed by atoms with Crippen LogP contribution in [0.15, 0.2) is 65.7 Å². The monoisotopic (exact) mass is 500 g/mol. The van der Waals surface area contributed by atoms with Crippen LogP contribution in [0, 0.1) is 18.2 Å². The maximum atomic E-state index is 14.6. The topological polar surface area (TPSA) is 31.3 Å². The van der Waals surface area contributed by atoms with Gasteiger partial charge in [0.1, 0.15) is 29.6 Å². The summed E-state index contributed by atoms with van der Waals surface area (Å²) in [5.74, 6) is -0.497. The molecule has 0 aromatic heterocycles. The molecule has 0 bridgehead atoms. The zero-order valence-corrected chi connectivity index (χ0v) is 19.2. The summed E-state index contributed by atoms with van der Waals surface area (Å²) in [6.45, 7) is 4.85. The quantitative estimate of drug-likeness (QED) is 0.432. The van der Waals surface area contributed by atoms with Crippen molar-refractivity contribution < 1.29 is 26.7 Å². The highest BCUT2D eigenvalue weighted by molar-refractivity contribution is 6.03. The number of piperazine rings is 1. The summed E-state index contributed by atoms with van der Waals surface area (Å²) in [5.41, 5.74) is 0.305. The lowest BCUT2D eigenvalue weighted by Crippen LogP contribution is -2.54. The third kappa shape index (κ3) is 4.55. The first-order valence-corrected chi connectivity index (χ1v) is 11.2. The Hall–Kier alpha value is -3.82. The van der Waals surface area contributed by atoms with E-state index in [9.17, 15) is 22.0 Å². The van der Waals surface area contributed by atoms with Gasteiger partial charge in [0.2, 0.25) is 5.96 Å². The molecule has 2 radical (unpaired) electrons. The van der Waals surface area contributed by atoms with E-state index in [1.54, 1.807) is 12.1 Å². The minimum Gasteiger partial charge on any atom is -0.495 e. The number of rotatable bonds is 3. The van der Waals surface area contributed by atoms with E-state index in [-0.39, 0.29) is 28.9 Å². The number of hydrogen-bond acceptors (Lipinski definition) is 5. The van der Waals surface area contributed by atoms with E-state index in [4.69, 9.17) is 4.74 Å². The number of fused-ring (bicyclic) bond motifs is 1. The van der Waals surface area contributed by atoms with Crippen LogP contribution in [-0.2, 0) is 6.18 Å². The van der Waals surface area contributed by atoms with Crippen LogP contribution in [0.3, 0.4) is 0 Å². The minimum absolute atomic E-state index is 0.0576. The van der Waals surface area contributed by atoms with E-state index in [0.29, 0.717) is 31.7 Å². The molecule has 0 atom stereocenters. The molecule has 0 unspecified atom stereocenters. The molecule has 0 saturated carbocycles. The van der Waals surface area contributed by atoms with Crippen LogP contribution in [-0.4, -0.2) is 44.1 Å². The summed E-state index contributed by atoms with van der Waals surface area (Å²) >= 11 is 0. The standard InChI is InChI=1S/C26H21F5N4O/c1-36-23-9-8-18(26(29,30)31)14-22(23)35-16-17-4-2-7-21(28)24(17)32-25(35)34-12-10-33(11-13-34)20-6-3-5-19(27)15-20/h2-9,14-15H,10-13H2,1H3.